The summed E-state index contributed by atoms with van der Waals surface area (Å²) in [5.41, 5.74) is 0.751. The third-order valence-electron chi connectivity index (χ3n) is 3.38. The molecule has 118 valence electrons. The number of carbonyl (C=O) groups excluding carboxylic acids is 2. The highest BCUT2D eigenvalue weighted by Gasteiger charge is 2.35. The van der Waals surface area contributed by atoms with E-state index in [2.05, 4.69) is 5.32 Å². The molecule has 1 aliphatic heterocycles. The molecule has 0 radical (unpaired) electrons. The van der Waals surface area contributed by atoms with Gasteiger partial charge in [-0.05, 0) is 32.9 Å². The Morgan fingerprint density at radius 1 is 1.45 bits per heavy atom. The van der Waals surface area contributed by atoms with Crippen molar-refractivity contribution in [2.45, 2.75) is 39.2 Å². The molecule has 0 aliphatic carbocycles. The fourth-order valence-electron chi connectivity index (χ4n) is 2.54. The Kier molecular flexibility index (Phi) is 4.86. The predicted octanol–water partition coefficient (Wildman–Crippen LogP) is 3.31. The fraction of sp³-hybridized carbons (Fsp3) is 0.375. The number of esters is 1. The Morgan fingerprint density at radius 2 is 2.14 bits per heavy atom. The van der Waals surface area contributed by atoms with Gasteiger partial charge in [-0.15, -0.1) is 0 Å². The second kappa shape index (κ2) is 6.48. The number of benzene rings is 1. The zero-order chi connectivity index (χ0) is 16.4. The molecular formula is C16H17ClFNO3. The summed E-state index contributed by atoms with van der Waals surface area (Å²) in [5, 5.41) is 2.78. The molecule has 0 fully saturated rings. The lowest BCUT2D eigenvalue weighted by Gasteiger charge is -2.27. The number of ether oxygens (including phenoxy) is 1. The van der Waals surface area contributed by atoms with Crippen molar-refractivity contribution < 1.29 is 18.7 Å². The number of halogens is 2. The normalized spacial score (nSPS) is 18.5. The lowest BCUT2D eigenvalue weighted by molar-refractivity contribution is -0.143. The van der Waals surface area contributed by atoms with Crippen LogP contribution in [-0.4, -0.2) is 18.0 Å². The van der Waals surface area contributed by atoms with Crippen LogP contribution in [0.2, 0.25) is 5.02 Å². The number of hydrogen-bond donors (Lipinski definition) is 1. The lowest BCUT2D eigenvalue weighted by Crippen LogP contribution is -2.35. The first kappa shape index (κ1) is 16.5. The summed E-state index contributed by atoms with van der Waals surface area (Å²) in [6.07, 6.45) is -0.372. The molecule has 22 heavy (non-hydrogen) atoms. The number of hydrogen-bond acceptors (Lipinski definition) is 3. The van der Waals surface area contributed by atoms with E-state index < -0.39 is 17.7 Å². The van der Waals surface area contributed by atoms with Crippen LogP contribution in [0.1, 0.15) is 38.7 Å². The van der Waals surface area contributed by atoms with E-state index in [0.29, 0.717) is 5.70 Å². The average Bonchev–Trinajstić information content (AvgIpc) is 2.36. The van der Waals surface area contributed by atoms with Crippen molar-refractivity contribution in [1.29, 1.82) is 0 Å². The van der Waals surface area contributed by atoms with E-state index in [1.165, 1.54) is 18.2 Å². The highest BCUT2D eigenvalue weighted by molar-refractivity contribution is 6.31. The van der Waals surface area contributed by atoms with Gasteiger partial charge in [0.2, 0.25) is 5.91 Å². The van der Waals surface area contributed by atoms with Gasteiger partial charge in [-0.25, -0.2) is 9.18 Å². The van der Waals surface area contributed by atoms with Gasteiger partial charge in [-0.3, -0.25) is 4.79 Å². The predicted molar refractivity (Wildman–Crippen MR) is 80.8 cm³/mol. The molecule has 1 amide bonds. The smallest absolute Gasteiger partial charge is 0.336 e. The van der Waals surface area contributed by atoms with Gasteiger partial charge in [0.1, 0.15) is 5.82 Å². The third-order valence-corrected chi connectivity index (χ3v) is 3.71. The molecule has 1 aliphatic rings. The monoisotopic (exact) mass is 325 g/mol. The van der Waals surface area contributed by atoms with Crippen LogP contribution < -0.4 is 5.32 Å². The van der Waals surface area contributed by atoms with Gasteiger partial charge in [-0.1, -0.05) is 17.7 Å². The van der Waals surface area contributed by atoms with Crippen molar-refractivity contribution in [1.82, 2.24) is 5.32 Å². The Hall–Kier alpha value is -1.88. The lowest BCUT2D eigenvalue weighted by atomic mass is 9.84. The molecule has 4 nitrogen and oxygen atoms in total. The van der Waals surface area contributed by atoms with Crippen LogP contribution in [-0.2, 0) is 14.3 Å². The van der Waals surface area contributed by atoms with Crippen molar-refractivity contribution in [3.05, 3.63) is 45.9 Å². The summed E-state index contributed by atoms with van der Waals surface area (Å²) in [6, 6.07) is 4.27. The minimum absolute atomic E-state index is 0.0550. The molecule has 0 bridgehead atoms. The van der Waals surface area contributed by atoms with Crippen molar-refractivity contribution >= 4 is 23.5 Å². The standard InChI is InChI=1S/C16H17ClFNO3/c1-8(2)22-16(21)14-9(3)19-13(20)7-10(14)15-11(17)5-4-6-12(15)18/h4-6,8,10H,7H2,1-3H3,(H,19,20)/t10-/m0/s1. The fourth-order valence-corrected chi connectivity index (χ4v) is 2.83. The molecule has 0 spiro atoms. The van der Waals surface area contributed by atoms with E-state index in [-0.39, 0.29) is 34.6 Å². The molecule has 1 aromatic rings. The van der Waals surface area contributed by atoms with Gasteiger partial charge in [-0.2, -0.15) is 0 Å². The van der Waals surface area contributed by atoms with Crippen molar-refractivity contribution in [3.8, 4) is 0 Å². The van der Waals surface area contributed by atoms with Crippen molar-refractivity contribution in [3.63, 3.8) is 0 Å². The summed E-state index contributed by atoms with van der Waals surface area (Å²) in [7, 11) is 0. The van der Waals surface area contributed by atoms with E-state index >= 15 is 0 Å². The molecule has 0 saturated heterocycles. The van der Waals surface area contributed by atoms with Crippen molar-refractivity contribution in [2.75, 3.05) is 0 Å². The first-order valence-electron chi connectivity index (χ1n) is 6.96. The number of allylic oxidation sites excluding steroid dienone is 1. The zero-order valence-corrected chi connectivity index (χ0v) is 13.3. The van der Waals surface area contributed by atoms with E-state index in [0.717, 1.165) is 0 Å². The van der Waals surface area contributed by atoms with Crippen LogP contribution in [0.5, 0.6) is 0 Å². The van der Waals surface area contributed by atoms with E-state index in [9.17, 15) is 14.0 Å². The van der Waals surface area contributed by atoms with Gasteiger partial charge in [0.05, 0.1) is 11.7 Å². The van der Waals surface area contributed by atoms with Crippen molar-refractivity contribution in [2.24, 2.45) is 0 Å². The zero-order valence-electron chi connectivity index (χ0n) is 12.6. The molecule has 0 unspecified atom stereocenters. The summed E-state index contributed by atoms with van der Waals surface area (Å²) in [4.78, 5) is 24.1. The minimum atomic E-state index is -0.756. The van der Waals surface area contributed by atoms with Crippen LogP contribution in [0.3, 0.4) is 0 Å². The molecule has 1 atom stereocenters. The topological polar surface area (TPSA) is 55.4 Å². The third kappa shape index (κ3) is 3.30. The summed E-state index contributed by atoms with van der Waals surface area (Å²) < 4.78 is 19.4. The van der Waals surface area contributed by atoms with Gasteiger partial charge in [0, 0.05) is 28.6 Å². The van der Waals surface area contributed by atoms with Gasteiger partial charge < -0.3 is 10.1 Å². The van der Waals surface area contributed by atoms with Crippen LogP contribution in [0.15, 0.2) is 29.5 Å². The molecule has 6 heteroatoms. The summed E-state index contributed by atoms with van der Waals surface area (Å²) in [5.74, 6) is -2.16. The SMILES string of the molecule is CC1=C(C(=O)OC(C)C)[C@@H](c2c(F)cccc2Cl)CC(=O)N1. The Balaban J connectivity index is 2.53. The molecule has 2 rings (SSSR count). The number of carbonyl (C=O) groups is 2. The van der Waals surface area contributed by atoms with E-state index in [1.54, 1.807) is 20.8 Å². The number of amides is 1. The van der Waals surface area contributed by atoms with Gasteiger partial charge >= 0.3 is 5.97 Å². The first-order valence-corrected chi connectivity index (χ1v) is 7.34. The van der Waals surface area contributed by atoms with Crippen LogP contribution >= 0.6 is 11.6 Å². The second-order valence-electron chi connectivity index (χ2n) is 5.43. The Bertz CT molecular complexity index is 635. The maximum absolute atomic E-state index is 14.2. The highest BCUT2D eigenvalue weighted by atomic mass is 35.5. The number of nitrogens with one attached hydrogen (secondary N) is 1. The summed E-state index contributed by atoms with van der Waals surface area (Å²) >= 11 is 6.09. The largest absolute Gasteiger partial charge is 0.460 e. The molecule has 1 aromatic carbocycles. The average molecular weight is 326 g/mol. The molecular weight excluding hydrogens is 309 g/mol. The van der Waals surface area contributed by atoms with E-state index in [1.807, 2.05) is 0 Å². The van der Waals surface area contributed by atoms with Crippen LogP contribution in [0.4, 0.5) is 4.39 Å². The molecule has 1 N–H and O–H groups in total. The first-order chi connectivity index (χ1) is 10.3. The second-order valence-corrected chi connectivity index (χ2v) is 5.84. The Labute approximate surface area is 133 Å². The van der Waals surface area contributed by atoms with Gasteiger partial charge in [0.15, 0.2) is 0 Å². The maximum Gasteiger partial charge on any atom is 0.336 e. The quantitative estimate of drug-likeness (QED) is 0.867. The maximum atomic E-state index is 14.2. The Morgan fingerprint density at radius 3 is 2.73 bits per heavy atom. The van der Waals surface area contributed by atoms with Crippen LogP contribution in [0.25, 0.3) is 0 Å². The minimum Gasteiger partial charge on any atom is -0.460 e. The molecule has 0 saturated carbocycles. The number of rotatable bonds is 3. The van der Waals surface area contributed by atoms with Crippen LogP contribution in [0, 0.1) is 5.82 Å². The van der Waals surface area contributed by atoms with Gasteiger partial charge in [0.25, 0.3) is 0 Å². The highest BCUT2D eigenvalue weighted by Crippen LogP contribution is 2.38. The summed E-state index contributed by atoms with van der Waals surface area (Å²) in [6.45, 7) is 5.04. The molecule has 1 heterocycles. The molecule has 0 aromatic heterocycles. The van der Waals surface area contributed by atoms with E-state index in [4.69, 9.17) is 16.3 Å².